The summed E-state index contributed by atoms with van der Waals surface area (Å²) in [6, 6.07) is 6.46. The molecule has 0 bridgehead atoms. The molecule has 1 saturated heterocycles. The van der Waals surface area contributed by atoms with E-state index < -0.39 is 0 Å². The van der Waals surface area contributed by atoms with Gasteiger partial charge in [0.1, 0.15) is 17.5 Å². The fraction of sp³-hybridized carbons (Fsp3) is 0.500. The number of nitrogens with one attached hydrogen (secondary N) is 1. The monoisotopic (exact) mass is 439 g/mol. The van der Waals surface area contributed by atoms with Gasteiger partial charge in [0.25, 0.3) is 0 Å². The number of aromatic nitrogens is 2. The molecule has 8 heteroatoms. The molecule has 3 heterocycles. The Morgan fingerprint density at radius 2 is 1.94 bits per heavy atom. The number of carbonyl (C=O) groups is 2. The number of halogens is 1. The molecule has 0 radical (unpaired) electrons. The zero-order valence-electron chi connectivity index (χ0n) is 18.7. The van der Waals surface area contributed by atoms with Crippen LogP contribution >= 0.6 is 0 Å². The molecule has 1 N–H and O–H groups in total. The smallest absolute Gasteiger partial charge is 0.222 e. The van der Waals surface area contributed by atoms with Crippen LogP contribution in [-0.4, -0.2) is 58.3 Å². The number of hydrogen-bond donors (Lipinski definition) is 1. The van der Waals surface area contributed by atoms with Gasteiger partial charge >= 0.3 is 0 Å². The Morgan fingerprint density at radius 3 is 2.66 bits per heavy atom. The van der Waals surface area contributed by atoms with Crippen molar-refractivity contribution in [2.75, 3.05) is 32.0 Å². The lowest BCUT2D eigenvalue weighted by molar-refractivity contribution is -0.130. The summed E-state index contributed by atoms with van der Waals surface area (Å²) >= 11 is 0. The highest BCUT2D eigenvalue weighted by Crippen LogP contribution is 2.30. The molecule has 1 aromatic heterocycles. The topological polar surface area (TPSA) is 78.4 Å². The summed E-state index contributed by atoms with van der Waals surface area (Å²) < 4.78 is 13.0. The van der Waals surface area contributed by atoms with E-state index in [0.29, 0.717) is 32.6 Å². The Morgan fingerprint density at radius 1 is 1.16 bits per heavy atom. The van der Waals surface area contributed by atoms with E-state index in [1.54, 1.807) is 19.1 Å². The lowest BCUT2D eigenvalue weighted by atomic mass is 10.0. The molecular formula is C24H30FN5O2. The number of fused-ring (bicyclic) bond motifs is 1. The average molecular weight is 440 g/mol. The van der Waals surface area contributed by atoms with Crippen LogP contribution in [0.4, 0.5) is 10.2 Å². The number of likely N-dealkylation sites (tertiary alicyclic amines) is 1. The summed E-state index contributed by atoms with van der Waals surface area (Å²) in [5, 5.41) is 3.17. The van der Waals surface area contributed by atoms with Crippen LogP contribution in [0.25, 0.3) is 0 Å². The quantitative estimate of drug-likeness (QED) is 0.749. The first-order chi connectivity index (χ1) is 15.4. The Labute approximate surface area is 188 Å². The van der Waals surface area contributed by atoms with Gasteiger partial charge in [-0.3, -0.25) is 9.59 Å². The van der Waals surface area contributed by atoms with Crippen LogP contribution in [0.1, 0.15) is 54.7 Å². The molecule has 7 nitrogen and oxygen atoms in total. The Balaban J connectivity index is 1.36. The van der Waals surface area contributed by atoms with Gasteiger partial charge in [-0.1, -0.05) is 12.1 Å². The molecular weight excluding hydrogens is 409 g/mol. The van der Waals surface area contributed by atoms with Gasteiger partial charge in [0, 0.05) is 57.9 Å². The molecule has 170 valence electrons. The van der Waals surface area contributed by atoms with E-state index in [1.165, 1.54) is 12.1 Å². The van der Waals surface area contributed by atoms with Crippen molar-refractivity contribution in [1.29, 1.82) is 0 Å². The van der Waals surface area contributed by atoms with Crippen LogP contribution in [0.5, 0.6) is 0 Å². The second-order valence-electron chi connectivity index (χ2n) is 8.60. The lowest BCUT2D eigenvalue weighted by Crippen LogP contribution is -2.35. The summed E-state index contributed by atoms with van der Waals surface area (Å²) in [5.41, 5.74) is 3.04. The van der Waals surface area contributed by atoms with Crippen molar-refractivity contribution in [1.82, 2.24) is 19.8 Å². The van der Waals surface area contributed by atoms with Gasteiger partial charge in [-0.2, -0.15) is 0 Å². The SMILES string of the molecule is CNc1nc([C@@H]2CCN(C(=O)CCCc3ccc(F)cc3)C2)nc2c1CN(C(C)=O)CC2. The molecule has 1 atom stereocenters. The number of rotatable bonds is 6. The van der Waals surface area contributed by atoms with Crippen molar-refractivity contribution in [3.05, 3.63) is 52.7 Å². The van der Waals surface area contributed by atoms with Gasteiger partial charge < -0.3 is 15.1 Å². The van der Waals surface area contributed by atoms with E-state index in [-0.39, 0.29) is 23.5 Å². The Bertz CT molecular complexity index is 977. The number of carbonyl (C=O) groups excluding carboxylic acids is 2. The highest BCUT2D eigenvalue weighted by atomic mass is 19.1. The number of nitrogens with zero attached hydrogens (tertiary/aromatic N) is 4. The molecule has 0 aliphatic carbocycles. The second kappa shape index (κ2) is 9.63. The highest BCUT2D eigenvalue weighted by Gasteiger charge is 2.31. The first kappa shape index (κ1) is 22.2. The van der Waals surface area contributed by atoms with E-state index in [0.717, 1.165) is 54.1 Å². The third-order valence-electron chi connectivity index (χ3n) is 6.44. The minimum atomic E-state index is -0.241. The van der Waals surface area contributed by atoms with Crippen molar-refractivity contribution in [3.8, 4) is 0 Å². The number of hydrogen-bond acceptors (Lipinski definition) is 5. The Hall–Kier alpha value is -3.03. The minimum Gasteiger partial charge on any atom is -0.373 e. The van der Waals surface area contributed by atoms with E-state index in [1.807, 2.05) is 16.8 Å². The molecule has 2 aliphatic heterocycles. The summed E-state index contributed by atoms with van der Waals surface area (Å²) in [7, 11) is 1.84. The maximum absolute atomic E-state index is 13.0. The summed E-state index contributed by atoms with van der Waals surface area (Å²) in [6.45, 7) is 4.14. The molecule has 0 unspecified atom stereocenters. The average Bonchev–Trinajstić information content (AvgIpc) is 3.29. The van der Waals surface area contributed by atoms with Gasteiger partial charge in [-0.05, 0) is 37.0 Å². The fourth-order valence-electron chi connectivity index (χ4n) is 4.54. The molecule has 2 aromatic rings. The van der Waals surface area contributed by atoms with Crippen molar-refractivity contribution in [2.45, 2.75) is 51.5 Å². The van der Waals surface area contributed by atoms with E-state index in [9.17, 15) is 14.0 Å². The van der Waals surface area contributed by atoms with Crippen molar-refractivity contribution >= 4 is 17.6 Å². The zero-order chi connectivity index (χ0) is 22.7. The van der Waals surface area contributed by atoms with Crippen LogP contribution in [0.15, 0.2) is 24.3 Å². The van der Waals surface area contributed by atoms with Crippen LogP contribution in [-0.2, 0) is 29.0 Å². The first-order valence-corrected chi connectivity index (χ1v) is 11.3. The van der Waals surface area contributed by atoms with E-state index >= 15 is 0 Å². The second-order valence-corrected chi connectivity index (χ2v) is 8.60. The fourth-order valence-corrected chi connectivity index (χ4v) is 4.54. The largest absolute Gasteiger partial charge is 0.373 e. The van der Waals surface area contributed by atoms with Crippen molar-refractivity contribution in [3.63, 3.8) is 0 Å². The predicted molar refractivity (Wildman–Crippen MR) is 120 cm³/mol. The lowest BCUT2D eigenvalue weighted by Gasteiger charge is -2.29. The first-order valence-electron chi connectivity index (χ1n) is 11.3. The molecule has 0 spiro atoms. The highest BCUT2D eigenvalue weighted by molar-refractivity contribution is 5.76. The normalized spacial score (nSPS) is 17.9. The summed E-state index contributed by atoms with van der Waals surface area (Å²) in [4.78, 5) is 37.8. The van der Waals surface area contributed by atoms with Gasteiger partial charge in [-0.15, -0.1) is 0 Å². The molecule has 2 amide bonds. The molecule has 0 saturated carbocycles. The molecule has 4 rings (SSSR count). The van der Waals surface area contributed by atoms with Crippen molar-refractivity contribution < 1.29 is 14.0 Å². The van der Waals surface area contributed by atoms with Gasteiger partial charge in [0.2, 0.25) is 11.8 Å². The van der Waals surface area contributed by atoms with Gasteiger partial charge in [-0.25, -0.2) is 14.4 Å². The molecule has 2 aliphatic rings. The van der Waals surface area contributed by atoms with Gasteiger partial charge in [0.15, 0.2) is 0 Å². The van der Waals surface area contributed by atoms with Crippen LogP contribution < -0.4 is 5.32 Å². The zero-order valence-corrected chi connectivity index (χ0v) is 18.7. The summed E-state index contributed by atoms with van der Waals surface area (Å²) in [6.07, 6.45) is 3.57. The third-order valence-corrected chi connectivity index (χ3v) is 6.44. The minimum absolute atomic E-state index is 0.0613. The Kier molecular flexibility index (Phi) is 6.67. The third kappa shape index (κ3) is 4.89. The number of aryl methyl sites for hydroxylation is 1. The number of benzene rings is 1. The maximum Gasteiger partial charge on any atom is 0.222 e. The standard InChI is InChI=1S/C24H30FN5O2/c1-16(31)29-13-11-21-20(15-29)24(26-2)28-23(27-21)18-10-12-30(14-18)22(32)5-3-4-17-6-8-19(25)9-7-17/h6-9,18H,3-5,10-15H2,1-2H3,(H,26,27,28)/t18-/m1/s1. The van der Waals surface area contributed by atoms with E-state index in [4.69, 9.17) is 9.97 Å². The summed E-state index contributed by atoms with van der Waals surface area (Å²) in [5.74, 6) is 1.66. The molecule has 32 heavy (non-hydrogen) atoms. The van der Waals surface area contributed by atoms with Crippen LogP contribution in [0.3, 0.4) is 0 Å². The number of anilines is 1. The molecule has 1 fully saturated rings. The van der Waals surface area contributed by atoms with Crippen LogP contribution in [0.2, 0.25) is 0 Å². The van der Waals surface area contributed by atoms with Gasteiger partial charge in [0.05, 0.1) is 12.2 Å². The van der Waals surface area contributed by atoms with E-state index in [2.05, 4.69) is 5.32 Å². The maximum atomic E-state index is 13.0. The predicted octanol–water partition coefficient (Wildman–Crippen LogP) is 2.90. The molecule has 1 aromatic carbocycles. The number of amides is 2. The van der Waals surface area contributed by atoms with Crippen molar-refractivity contribution in [2.24, 2.45) is 0 Å². The van der Waals surface area contributed by atoms with Crippen LogP contribution in [0, 0.1) is 5.82 Å².